The van der Waals surface area contributed by atoms with Crippen LogP contribution in [0.4, 0.5) is 11.6 Å². The van der Waals surface area contributed by atoms with Crippen LogP contribution in [0.25, 0.3) is 0 Å². The van der Waals surface area contributed by atoms with Gasteiger partial charge < -0.3 is 10.6 Å². The Balaban J connectivity index is 2.21. The van der Waals surface area contributed by atoms with Crippen LogP contribution in [0, 0.1) is 6.92 Å². The van der Waals surface area contributed by atoms with Gasteiger partial charge in [0.05, 0.1) is 12.2 Å². The molecule has 0 aliphatic heterocycles. The molecule has 0 saturated carbocycles. The highest BCUT2D eigenvalue weighted by molar-refractivity contribution is 5.59. The third kappa shape index (κ3) is 3.87. The number of anilines is 2. The lowest BCUT2D eigenvalue weighted by molar-refractivity contribution is 0.841. The number of hydrogen-bond acceptors (Lipinski definition) is 6. The molecule has 21 heavy (non-hydrogen) atoms. The first-order valence-corrected chi connectivity index (χ1v) is 7.23. The Labute approximate surface area is 125 Å². The lowest BCUT2D eigenvalue weighted by atomic mass is 10.0. The van der Waals surface area contributed by atoms with E-state index in [4.69, 9.17) is 0 Å². The second kappa shape index (κ2) is 6.97. The summed E-state index contributed by atoms with van der Waals surface area (Å²) in [6, 6.07) is 1.90. The van der Waals surface area contributed by atoms with E-state index in [1.807, 2.05) is 13.0 Å². The summed E-state index contributed by atoms with van der Waals surface area (Å²) >= 11 is 0. The van der Waals surface area contributed by atoms with Gasteiger partial charge in [0.2, 0.25) is 0 Å². The average Bonchev–Trinajstić information content (AvgIpc) is 2.45. The van der Waals surface area contributed by atoms with Crippen LogP contribution in [0.5, 0.6) is 0 Å². The zero-order valence-corrected chi connectivity index (χ0v) is 13.0. The van der Waals surface area contributed by atoms with Gasteiger partial charge in [-0.15, -0.1) is 0 Å². The molecule has 0 atom stereocenters. The topological polar surface area (TPSA) is 75.6 Å². The molecular formula is C15H22N6. The van der Waals surface area contributed by atoms with E-state index in [0.29, 0.717) is 12.5 Å². The van der Waals surface area contributed by atoms with Crippen LogP contribution in [0.3, 0.4) is 0 Å². The Kier molecular flexibility index (Phi) is 5.03. The van der Waals surface area contributed by atoms with E-state index in [1.54, 1.807) is 12.5 Å². The van der Waals surface area contributed by atoms with Crippen LogP contribution in [-0.2, 0) is 6.54 Å². The molecule has 0 aliphatic rings. The van der Waals surface area contributed by atoms with Crippen LogP contribution in [0.15, 0.2) is 18.6 Å². The average molecular weight is 286 g/mol. The summed E-state index contributed by atoms with van der Waals surface area (Å²) < 4.78 is 0. The summed E-state index contributed by atoms with van der Waals surface area (Å²) in [6.45, 7) is 9.67. The van der Waals surface area contributed by atoms with Crippen LogP contribution in [0.1, 0.15) is 43.8 Å². The summed E-state index contributed by atoms with van der Waals surface area (Å²) in [6.07, 6.45) is 3.35. The molecule has 2 N–H and O–H groups in total. The molecule has 0 fully saturated rings. The van der Waals surface area contributed by atoms with Crippen molar-refractivity contribution in [2.45, 2.75) is 40.2 Å². The molecule has 0 bridgehead atoms. The third-order valence-electron chi connectivity index (χ3n) is 3.08. The first-order chi connectivity index (χ1) is 10.1. The highest BCUT2D eigenvalue weighted by atomic mass is 15.1. The summed E-state index contributed by atoms with van der Waals surface area (Å²) in [7, 11) is 0. The van der Waals surface area contributed by atoms with Crippen molar-refractivity contribution >= 4 is 11.6 Å². The number of aromatic nitrogens is 4. The molecule has 2 aromatic rings. The molecular weight excluding hydrogens is 264 g/mol. The smallest absolute Gasteiger partial charge is 0.135 e. The molecule has 2 rings (SSSR count). The Hall–Kier alpha value is -2.24. The molecule has 0 unspecified atom stereocenters. The second-order valence-electron chi connectivity index (χ2n) is 5.12. The highest BCUT2D eigenvalue weighted by Gasteiger charge is 2.14. The lowest BCUT2D eigenvalue weighted by Crippen LogP contribution is -2.12. The summed E-state index contributed by atoms with van der Waals surface area (Å²) in [5.74, 6) is 2.85. The van der Waals surface area contributed by atoms with Crippen LogP contribution in [0.2, 0.25) is 0 Å². The number of aryl methyl sites for hydroxylation is 1. The van der Waals surface area contributed by atoms with Gasteiger partial charge in [-0.1, -0.05) is 13.8 Å². The largest absolute Gasteiger partial charge is 0.370 e. The molecule has 6 nitrogen and oxygen atoms in total. The standard InChI is InChI=1S/C15H22N6/c1-5-16-14-13(10(2)3)15(20-9-19-14)18-8-12-6-7-17-11(4)21-12/h6-7,9-10H,5,8H2,1-4H3,(H2,16,18,19,20). The molecule has 0 aromatic carbocycles. The molecule has 0 radical (unpaired) electrons. The maximum absolute atomic E-state index is 4.39. The van der Waals surface area contributed by atoms with Crippen molar-refractivity contribution in [1.29, 1.82) is 0 Å². The van der Waals surface area contributed by atoms with Gasteiger partial charge in [0.25, 0.3) is 0 Å². The predicted octanol–water partition coefficient (Wildman–Crippen LogP) is 2.74. The highest BCUT2D eigenvalue weighted by Crippen LogP contribution is 2.28. The van der Waals surface area contributed by atoms with E-state index in [1.165, 1.54) is 0 Å². The Bertz CT molecular complexity index is 596. The van der Waals surface area contributed by atoms with E-state index in [9.17, 15) is 0 Å². The minimum absolute atomic E-state index is 0.329. The number of nitrogens with one attached hydrogen (secondary N) is 2. The fourth-order valence-corrected chi connectivity index (χ4v) is 2.17. The maximum Gasteiger partial charge on any atom is 0.135 e. The second-order valence-corrected chi connectivity index (χ2v) is 5.12. The van der Waals surface area contributed by atoms with E-state index in [2.05, 4.69) is 51.3 Å². The maximum atomic E-state index is 4.39. The zero-order valence-electron chi connectivity index (χ0n) is 13.0. The van der Waals surface area contributed by atoms with E-state index in [-0.39, 0.29) is 0 Å². The fourth-order valence-electron chi connectivity index (χ4n) is 2.17. The molecule has 2 aromatic heterocycles. The van der Waals surface area contributed by atoms with Crippen molar-refractivity contribution in [2.75, 3.05) is 17.2 Å². The quantitative estimate of drug-likeness (QED) is 0.850. The van der Waals surface area contributed by atoms with Gasteiger partial charge in [0, 0.05) is 18.3 Å². The van der Waals surface area contributed by atoms with Gasteiger partial charge in [-0.2, -0.15) is 0 Å². The van der Waals surface area contributed by atoms with Crippen molar-refractivity contribution in [2.24, 2.45) is 0 Å². The minimum atomic E-state index is 0.329. The van der Waals surface area contributed by atoms with E-state index < -0.39 is 0 Å². The number of nitrogens with zero attached hydrogens (tertiary/aromatic N) is 4. The van der Waals surface area contributed by atoms with Crippen molar-refractivity contribution in [3.63, 3.8) is 0 Å². The molecule has 2 heterocycles. The first kappa shape index (κ1) is 15.2. The molecule has 6 heteroatoms. The van der Waals surface area contributed by atoms with Gasteiger partial charge in [0.1, 0.15) is 23.8 Å². The van der Waals surface area contributed by atoms with Gasteiger partial charge in [-0.25, -0.2) is 19.9 Å². The first-order valence-electron chi connectivity index (χ1n) is 7.23. The lowest BCUT2D eigenvalue weighted by Gasteiger charge is -2.17. The van der Waals surface area contributed by atoms with Gasteiger partial charge in [0.15, 0.2) is 0 Å². The third-order valence-corrected chi connectivity index (χ3v) is 3.08. The molecule has 0 spiro atoms. The Morgan fingerprint density at radius 2 is 1.81 bits per heavy atom. The fraction of sp³-hybridized carbons (Fsp3) is 0.467. The SMILES string of the molecule is CCNc1ncnc(NCc2ccnc(C)n2)c1C(C)C. The van der Waals surface area contributed by atoms with Gasteiger partial charge in [-0.3, -0.25) is 0 Å². The van der Waals surface area contributed by atoms with Crippen LogP contribution >= 0.6 is 0 Å². The monoisotopic (exact) mass is 286 g/mol. The minimum Gasteiger partial charge on any atom is -0.370 e. The van der Waals surface area contributed by atoms with Gasteiger partial charge in [-0.05, 0) is 25.8 Å². The Morgan fingerprint density at radius 1 is 1.10 bits per heavy atom. The van der Waals surface area contributed by atoms with Crippen molar-refractivity contribution in [3.05, 3.63) is 35.7 Å². The summed E-state index contributed by atoms with van der Waals surface area (Å²) in [4.78, 5) is 17.2. The predicted molar refractivity (Wildman–Crippen MR) is 84.4 cm³/mol. The Morgan fingerprint density at radius 3 is 2.43 bits per heavy atom. The molecule has 0 aliphatic carbocycles. The summed E-state index contributed by atoms with van der Waals surface area (Å²) in [5.41, 5.74) is 2.05. The van der Waals surface area contributed by atoms with E-state index >= 15 is 0 Å². The van der Waals surface area contributed by atoms with Crippen LogP contribution in [-0.4, -0.2) is 26.5 Å². The zero-order chi connectivity index (χ0) is 15.2. The summed E-state index contributed by atoms with van der Waals surface area (Å²) in [5, 5.41) is 6.64. The molecule has 0 amide bonds. The van der Waals surface area contributed by atoms with Gasteiger partial charge >= 0.3 is 0 Å². The van der Waals surface area contributed by atoms with Crippen LogP contribution < -0.4 is 10.6 Å². The molecule has 112 valence electrons. The van der Waals surface area contributed by atoms with Crippen molar-refractivity contribution in [3.8, 4) is 0 Å². The van der Waals surface area contributed by atoms with E-state index in [0.717, 1.165) is 35.3 Å². The van der Waals surface area contributed by atoms with Crippen molar-refractivity contribution in [1.82, 2.24) is 19.9 Å². The normalized spacial score (nSPS) is 10.7. The number of hydrogen-bond donors (Lipinski definition) is 2. The van der Waals surface area contributed by atoms with Crippen molar-refractivity contribution < 1.29 is 0 Å². The number of rotatable bonds is 6. The molecule has 0 saturated heterocycles.